The summed E-state index contributed by atoms with van der Waals surface area (Å²) in [7, 11) is 0. The molecule has 0 aliphatic heterocycles. The molecule has 0 aliphatic rings. The highest BCUT2D eigenvalue weighted by atomic mass is 19.4. The molecule has 0 bridgehead atoms. The van der Waals surface area contributed by atoms with E-state index in [-0.39, 0.29) is 12.0 Å². The number of benzene rings is 1. The van der Waals surface area contributed by atoms with E-state index < -0.39 is 35.6 Å². The van der Waals surface area contributed by atoms with Gasteiger partial charge in [0, 0.05) is 6.42 Å². The number of carbonyl (C=O) groups is 2. The maximum atomic E-state index is 12.9. The van der Waals surface area contributed by atoms with E-state index >= 15 is 0 Å². The monoisotopic (exact) mass is 303 g/mol. The van der Waals surface area contributed by atoms with Gasteiger partial charge in [-0.05, 0) is 24.5 Å². The number of carbonyl (C=O) groups excluding carboxylic acids is 1. The topological polar surface area (TPSA) is 66.4 Å². The molecule has 4 nitrogen and oxygen atoms in total. The molecule has 0 aromatic heterocycles. The van der Waals surface area contributed by atoms with Crippen LogP contribution in [0.4, 0.5) is 13.2 Å². The normalized spacial score (nSPS) is 14.3. The predicted molar refractivity (Wildman–Crippen MR) is 69.7 cm³/mol. The molecule has 0 radical (unpaired) electrons. The zero-order valence-electron chi connectivity index (χ0n) is 11.6. The zero-order chi connectivity index (χ0) is 16.2. The number of carboxylic acid groups (broad SMARTS) is 1. The Hall–Kier alpha value is -2.05. The first kappa shape index (κ1) is 17.0. The molecule has 1 amide bonds. The molecule has 21 heavy (non-hydrogen) atoms. The third-order valence-electron chi connectivity index (χ3n) is 3.04. The lowest BCUT2D eigenvalue weighted by Crippen LogP contribution is -2.38. The minimum atomic E-state index is -4.49. The van der Waals surface area contributed by atoms with Crippen molar-refractivity contribution in [3.8, 4) is 0 Å². The lowest BCUT2D eigenvalue weighted by molar-refractivity contribution is -0.141. The molecule has 1 rings (SSSR count). The Kier molecular flexibility index (Phi) is 5.34. The molecule has 2 atom stereocenters. The second-order valence-electron chi connectivity index (χ2n) is 4.82. The SMILES string of the molecule is C[C@H](CC(=O)N[C@H](C)C(=O)O)c1ccccc1C(F)(F)F. The van der Waals surface area contributed by atoms with Gasteiger partial charge in [0.25, 0.3) is 0 Å². The molecule has 0 fully saturated rings. The van der Waals surface area contributed by atoms with Crippen molar-refractivity contribution in [2.24, 2.45) is 0 Å². The third-order valence-corrected chi connectivity index (χ3v) is 3.04. The summed E-state index contributed by atoms with van der Waals surface area (Å²) in [6.07, 6.45) is -4.71. The van der Waals surface area contributed by atoms with E-state index in [1.54, 1.807) is 0 Å². The summed E-state index contributed by atoms with van der Waals surface area (Å²) in [5, 5.41) is 10.9. The fourth-order valence-electron chi connectivity index (χ4n) is 1.94. The van der Waals surface area contributed by atoms with Gasteiger partial charge in [-0.25, -0.2) is 0 Å². The summed E-state index contributed by atoms with van der Waals surface area (Å²) in [5.41, 5.74) is -0.764. The summed E-state index contributed by atoms with van der Waals surface area (Å²) in [6, 6.07) is 3.96. The first-order valence-electron chi connectivity index (χ1n) is 6.31. The van der Waals surface area contributed by atoms with Gasteiger partial charge in [0.15, 0.2) is 0 Å². The van der Waals surface area contributed by atoms with Crippen LogP contribution in [0.2, 0.25) is 0 Å². The van der Waals surface area contributed by atoms with Gasteiger partial charge in [-0.1, -0.05) is 25.1 Å². The molecule has 116 valence electrons. The van der Waals surface area contributed by atoms with Crippen LogP contribution >= 0.6 is 0 Å². The molecule has 7 heteroatoms. The van der Waals surface area contributed by atoms with Crippen LogP contribution in [-0.2, 0) is 15.8 Å². The Bertz CT molecular complexity index is 528. The molecule has 0 saturated carbocycles. The van der Waals surface area contributed by atoms with Gasteiger partial charge in [-0.2, -0.15) is 13.2 Å². The summed E-state index contributed by atoms with van der Waals surface area (Å²) < 4.78 is 38.7. The fourth-order valence-corrected chi connectivity index (χ4v) is 1.94. The first-order chi connectivity index (χ1) is 9.62. The maximum Gasteiger partial charge on any atom is 0.416 e. The average molecular weight is 303 g/mol. The largest absolute Gasteiger partial charge is 0.480 e. The minimum absolute atomic E-state index is 0.0168. The van der Waals surface area contributed by atoms with Crippen LogP contribution in [0.15, 0.2) is 24.3 Å². The van der Waals surface area contributed by atoms with Gasteiger partial charge in [0.05, 0.1) is 5.56 Å². The van der Waals surface area contributed by atoms with Crippen LogP contribution < -0.4 is 5.32 Å². The average Bonchev–Trinajstić information content (AvgIpc) is 2.37. The van der Waals surface area contributed by atoms with Crippen molar-refractivity contribution in [1.29, 1.82) is 0 Å². The number of rotatable bonds is 5. The summed E-state index contributed by atoms with van der Waals surface area (Å²) in [6.45, 7) is 2.78. The zero-order valence-corrected chi connectivity index (χ0v) is 11.6. The Morgan fingerprint density at radius 2 is 1.81 bits per heavy atom. The van der Waals surface area contributed by atoms with Gasteiger partial charge in [0.1, 0.15) is 6.04 Å². The van der Waals surface area contributed by atoms with Crippen LogP contribution in [0.5, 0.6) is 0 Å². The lowest BCUT2D eigenvalue weighted by Gasteiger charge is -2.18. The summed E-state index contributed by atoms with van der Waals surface area (Å²) in [4.78, 5) is 22.3. The van der Waals surface area contributed by atoms with Crippen LogP contribution in [0.3, 0.4) is 0 Å². The molecule has 1 aromatic rings. The highest BCUT2D eigenvalue weighted by Gasteiger charge is 2.34. The highest BCUT2D eigenvalue weighted by molar-refractivity contribution is 5.83. The standard InChI is InChI=1S/C14H16F3NO3/c1-8(7-12(19)18-9(2)13(20)21)10-5-3-4-6-11(10)14(15,16)17/h3-6,8-9H,7H2,1-2H3,(H,18,19)(H,20,21)/t8-,9-/m1/s1. The number of amides is 1. The van der Waals surface area contributed by atoms with Crippen LogP contribution in [0, 0.1) is 0 Å². The predicted octanol–water partition coefficient (Wildman–Crippen LogP) is 2.79. The number of halogens is 3. The van der Waals surface area contributed by atoms with Crippen molar-refractivity contribution in [3.05, 3.63) is 35.4 Å². The second-order valence-corrected chi connectivity index (χ2v) is 4.82. The second kappa shape index (κ2) is 6.60. The Balaban J connectivity index is 2.83. The van der Waals surface area contributed by atoms with E-state index in [9.17, 15) is 22.8 Å². The van der Waals surface area contributed by atoms with Crippen LogP contribution in [0.25, 0.3) is 0 Å². The number of hydrogen-bond acceptors (Lipinski definition) is 2. The molecule has 0 heterocycles. The number of alkyl halides is 3. The van der Waals surface area contributed by atoms with Gasteiger partial charge in [-0.15, -0.1) is 0 Å². The minimum Gasteiger partial charge on any atom is -0.480 e. The van der Waals surface area contributed by atoms with Crippen molar-refractivity contribution < 1.29 is 27.9 Å². The molecule has 0 aliphatic carbocycles. The van der Waals surface area contributed by atoms with Crippen molar-refractivity contribution in [2.75, 3.05) is 0 Å². The summed E-state index contributed by atoms with van der Waals surface area (Å²) >= 11 is 0. The molecule has 0 saturated heterocycles. The summed E-state index contributed by atoms with van der Waals surface area (Å²) in [5.74, 6) is -2.48. The first-order valence-corrected chi connectivity index (χ1v) is 6.31. The molecular weight excluding hydrogens is 287 g/mol. The Labute approximate surface area is 120 Å². The molecular formula is C14H16F3NO3. The number of carboxylic acids is 1. The van der Waals surface area contributed by atoms with Crippen molar-refractivity contribution >= 4 is 11.9 Å². The quantitative estimate of drug-likeness (QED) is 0.879. The number of nitrogens with one attached hydrogen (secondary N) is 1. The molecule has 2 N–H and O–H groups in total. The molecule has 0 spiro atoms. The van der Waals surface area contributed by atoms with E-state index in [1.165, 1.54) is 32.0 Å². The van der Waals surface area contributed by atoms with E-state index in [0.29, 0.717) is 0 Å². The van der Waals surface area contributed by atoms with Crippen LogP contribution in [-0.4, -0.2) is 23.0 Å². The highest BCUT2D eigenvalue weighted by Crippen LogP contribution is 2.35. The molecule has 0 unspecified atom stereocenters. The fraction of sp³-hybridized carbons (Fsp3) is 0.429. The van der Waals surface area contributed by atoms with Crippen molar-refractivity contribution in [3.63, 3.8) is 0 Å². The van der Waals surface area contributed by atoms with E-state index in [1.807, 2.05) is 0 Å². The maximum absolute atomic E-state index is 12.9. The van der Waals surface area contributed by atoms with Gasteiger partial charge in [0.2, 0.25) is 5.91 Å². The van der Waals surface area contributed by atoms with E-state index in [4.69, 9.17) is 5.11 Å². The third kappa shape index (κ3) is 4.77. The van der Waals surface area contributed by atoms with Gasteiger partial charge >= 0.3 is 12.1 Å². The Morgan fingerprint density at radius 1 is 1.24 bits per heavy atom. The van der Waals surface area contributed by atoms with E-state index in [0.717, 1.165) is 6.07 Å². The van der Waals surface area contributed by atoms with Crippen molar-refractivity contribution in [1.82, 2.24) is 5.32 Å². The lowest BCUT2D eigenvalue weighted by atomic mass is 9.92. The van der Waals surface area contributed by atoms with Crippen LogP contribution in [0.1, 0.15) is 37.3 Å². The number of hydrogen-bond donors (Lipinski definition) is 2. The number of aliphatic carboxylic acids is 1. The van der Waals surface area contributed by atoms with E-state index in [2.05, 4.69) is 5.32 Å². The van der Waals surface area contributed by atoms with Gasteiger partial charge in [-0.3, -0.25) is 9.59 Å². The van der Waals surface area contributed by atoms with Gasteiger partial charge < -0.3 is 10.4 Å². The Morgan fingerprint density at radius 3 is 2.33 bits per heavy atom. The smallest absolute Gasteiger partial charge is 0.416 e. The molecule has 1 aromatic carbocycles. The van der Waals surface area contributed by atoms with Crippen molar-refractivity contribution in [2.45, 2.75) is 38.4 Å².